The molecule has 0 saturated heterocycles. The Hall–Kier alpha value is -4.66. The molecule has 0 radical (unpaired) electrons. The highest BCUT2D eigenvalue weighted by molar-refractivity contribution is 5.94. The van der Waals surface area contributed by atoms with Crippen LogP contribution in [0.3, 0.4) is 0 Å². The number of methoxy groups -OCH3 is 2. The second-order valence-corrected chi connectivity index (χ2v) is 8.16. The highest BCUT2D eigenvalue weighted by Gasteiger charge is 2.18. The number of nitro benzene ring substituents is 1. The van der Waals surface area contributed by atoms with Gasteiger partial charge in [-0.2, -0.15) is 5.10 Å². The molecule has 0 aliphatic carbocycles. The molecule has 1 aromatic heterocycles. The molecule has 0 saturated carbocycles. The third-order valence-corrected chi connectivity index (χ3v) is 5.71. The lowest BCUT2D eigenvalue weighted by Crippen LogP contribution is -2.27. The number of carbonyl (C=O) groups excluding carboxylic acids is 1. The Bertz CT molecular complexity index is 1400. The number of aryl methyl sites for hydroxylation is 1. The van der Waals surface area contributed by atoms with E-state index in [1.54, 1.807) is 37.1 Å². The lowest BCUT2D eigenvalue weighted by atomic mass is 10.1. The SMILES string of the molecule is COc1ccc(CCNC(=O)c2cc(-c3ccc([N+](=O)[O-])cc3)nn2-c2cccc(C)c2)cc1OC. The van der Waals surface area contributed by atoms with Gasteiger partial charge < -0.3 is 14.8 Å². The van der Waals surface area contributed by atoms with Crippen LogP contribution in [-0.4, -0.2) is 41.4 Å². The molecule has 1 N–H and O–H groups in total. The van der Waals surface area contributed by atoms with Crippen LogP contribution in [-0.2, 0) is 6.42 Å². The summed E-state index contributed by atoms with van der Waals surface area (Å²) < 4.78 is 12.2. The summed E-state index contributed by atoms with van der Waals surface area (Å²) >= 11 is 0. The Kier molecular flexibility index (Phi) is 7.29. The number of aromatic nitrogens is 2. The predicted molar refractivity (Wildman–Crippen MR) is 136 cm³/mol. The number of hydrogen-bond acceptors (Lipinski definition) is 6. The molecule has 0 spiro atoms. The van der Waals surface area contributed by atoms with E-state index >= 15 is 0 Å². The van der Waals surface area contributed by atoms with Crippen molar-refractivity contribution in [2.24, 2.45) is 0 Å². The number of rotatable bonds is 9. The molecule has 9 nitrogen and oxygen atoms in total. The normalized spacial score (nSPS) is 10.6. The topological polar surface area (TPSA) is 109 Å². The molecule has 184 valence electrons. The number of nitro groups is 1. The van der Waals surface area contributed by atoms with E-state index in [9.17, 15) is 14.9 Å². The molecular weight excluding hydrogens is 460 g/mol. The summed E-state index contributed by atoms with van der Waals surface area (Å²) in [4.78, 5) is 23.8. The quantitative estimate of drug-likeness (QED) is 0.270. The van der Waals surface area contributed by atoms with Crippen molar-refractivity contribution in [3.8, 4) is 28.4 Å². The average Bonchev–Trinajstić information content (AvgIpc) is 3.34. The van der Waals surface area contributed by atoms with Crippen LogP contribution < -0.4 is 14.8 Å². The van der Waals surface area contributed by atoms with Crippen LogP contribution in [0.5, 0.6) is 11.5 Å². The third kappa shape index (κ3) is 5.35. The number of hydrogen-bond donors (Lipinski definition) is 1. The Morgan fingerprint density at radius 3 is 2.42 bits per heavy atom. The van der Waals surface area contributed by atoms with Crippen molar-refractivity contribution in [3.63, 3.8) is 0 Å². The fourth-order valence-corrected chi connectivity index (χ4v) is 3.84. The molecule has 4 rings (SSSR count). The van der Waals surface area contributed by atoms with E-state index in [0.717, 1.165) is 16.8 Å². The monoisotopic (exact) mass is 486 g/mol. The number of nitrogens with zero attached hydrogens (tertiary/aromatic N) is 3. The minimum atomic E-state index is -0.452. The average molecular weight is 487 g/mol. The Morgan fingerprint density at radius 2 is 1.75 bits per heavy atom. The van der Waals surface area contributed by atoms with Crippen LogP contribution in [0.1, 0.15) is 21.6 Å². The number of carbonyl (C=O) groups is 1. The van der Waals surface area contributed by atoms with E-state index in [-0.39, 0.29) is 11.6 Å². The summed E-state index contributed by atoms with van der Waals surface area (Å²) in [5.74, 6) is 0.996. The molecule has 36 heavy (non-hydrogen) atoms. The third-order valence-electron chi connectivity index (χ3n) is 5.71. The molecule has 0 atom stereocenters. The smallest absolute Gasteiger partial charge is 0.270 e. The Balaban J connectivity index is 1.58. The minimum absolute atomic E-state index is 0.00926. The fraction of sp³-hybridized carbons (Fsp3) is 0.185. The lowest BCUT2D eigenvalue weighted by Gasteiger charge is -2.11. The molecule has 3 aromatic carbocycles. The molecule has 0 fully saturated rings. The zero-order valence-electron chi connectivity index (χ0n) is 20.2. The first-order valence-corrected chi connectivity index (χ1v) is 11.3. The first-order chi connectivity index (χ1) is 17.4. The zero-order valence-corrected chi connectivity index (χ0v) is 20.2. The Morgan fingerprint density at radius 1 is 1.00 bits per heavy atom. The maximum Gasteiger partial charge on any atom is 0.270 e. The summed E-state index contributed by atoms with van der Waals surface area (Å²) in [5, 5.41) is 18.6. The molecule has 0 aliphatic rings. The minimum Gasteiger partial charge on any atom is -0.493 e. The summed E-state index contributed by atoms with van der Waals surface area (Å²) in [7, 11) is 3.17. The zero-order chi connectivity index (χ0) is 25.7. The lowest BCUT2D eigenvalue weighted by molar-refractivity contribution is -0.384. The van der Waals surface area contributed by atoms with Crippen molar-refractivity contribution in [1.29, 1.82) is 0 Å². The van der Waals surface area contributed by atoms with Crippen molar-refractivity contribution in [2.75, 3.05) is 20.8 Å². The first kappa shape index (κ1) is 24.5. The van der Waals surface area contributed by atoms with Crippen LogP contribution >= 0.6 is 0 Å². The highest BCUT2D eigenvalue weighted by Crippen LogP contribution is 2.28. The van der Waals surface area contributed by atoms with E-state index in [4.69, 9.17) is 9.47 Å². The van der Waals surface area contributed by atoms with Gasteiger partial charge in [-0.15, -0.1) is 0 Å². The summed E-state index contributed by atoms with van der Waals surface area (Å²) in [6.07, 6.45) is 0.597. The van der Waals surface area contributed by atoms with Crippen molar-refractivity contribution in [1.82, 2.24) is 15.1 Å². The van der Waals surface area contributed by atoms with Gasteiger partial charge in [0.1, 0.15) is 5.69 Å². The predicted octanol–water partition coefficient (Wildman–Crippen LogP) is 4.75. The van der Waals surface area contributed by atoms with Crippen LogP contribution in [0.2, 0.25) is 0 Å². The highest BCUT2D eigenvalue weighted by atomic mass is 16.6. The maximum atomic E-state index is 13.2. The molecule has 0 unspecified atom stereocenters. The van der Waals surface area contributed by atoms with E-state index < -0.39 is 4.92 Å². The van der Waals surface area contributed by atoms with Crippen molar-refractivity contribution >= 4 is 11.6 Å². The van der Waals surface area contributed by atoms with Crippen molar-refractivity contribution in [3.05, 3.63) is 99.7 Å². The second-order valence-electron chi connectivity index (χ2n) is 8.16. The van der Waals surface area contributed by atoms with Crippen LogP contribution in [0, 0.1) is 17.0 Å². The van der Waals surface area contributed by atoms with Gasteiger partial charge in [-0.1, -0.05) is 18.2 Å². The molecule has 1 heterocycles. The van der Waals surface area contributed by atoms with Gasteiger partial charge >= 0.3 is 0 Å². The number of benzene rings is 3. The molecule has 9 heteroatoms. The van der Waals surface area contributed by atoms with Crippen molar-refractivity contribution in [2.45, 2.75) is 13.3 Å². The number of amides is 1. The Labute approximate surface area is 208 Å². The van der Waals surface area contributed by atoms with Gasteiger partial charge in [-0.05, 0) is 66.9 Å². The van der Waals surface area contributed by atoms with Gasteiger partial charge in [0.25, 0.3) is 11.6 Å². The first-order valence-electron chi connectivity index (χ1n) is 11.3. The van der Waals surface area contributed by atoms with E-state index in [0.29, 0.717) is 41.4 Å². The largest absolute Gasteiger partial charge is 0.493 e. The van der Waals surface area contributed by atoms with Crippen LogP contribution in [0.4, 0.5) is 5.69 Å². The van der Waals surface area contributed by atoms with Gasteiger partial charge in [0.2, 0.25) is 0 Å². The standard InChI is InChI=1S/C27H26N4O5/c1-18-5-4-6-22(15-18)30-24(17-23(29-30)20-8-10-21(11-9-20)31(33)34)27(32)28-14-13-19-7-12-25(35-2)26(16-19)36-3/h4-12,15-17H,13-14H2,1-3H3,(H,28,32). The molecule has 0 aliphatic heterocycles. The number of nitrogens with one attached hydrogen (secondary N) is 1. The van der Waals surface area contributed by atoms with Gasteiger partial charge in [0.15, 0.2) is 11.5 Å². The van der Waals surface area contributed by atoms with Gasteiger partial charge in [0, 0.05) is 24.2 Å². The fourth-order valence-electron chi connectivity index (χ4n) is 3.84. The van der Waals surface area contributed by atoms with E-state index in [2.05, 4.69) is 10.4 Å². The van der Waals surface area contributed by atoms with Gasteiger partial charge in [-0.25, -0.2) is 4.68 Å². The van der Waals surface area contributed by atoms with Crippen LogP contribution in [0.25, 0.3) is 16.9 Å². The van der Waals surface area contributed by atoms with Gasteiger partial charge in [-0.3, -0.25) is 14.9 Å². The number of non-ortho nitro benzene ring substituents is 1. The molecule has 0 bridgehead atoms. The summed E-state index contributed by atoms with van der Waals surface area (Å²) in [6.45, 7) is 2.37. The number of ether oxygens (including phenoxy) is 2. The molecular formula is C27H26N4O5. The van der Waals surface area contributed by atoms with Crippen LogP contribution in [0.15, 0.2) is 72.8 Å². The van der Waals surface area contributed by atoms with E-state index in [1.807, 2.05) is 49.4 Å². The van der Waals surface area contributed by atoms with E-state index in [1.165, 1.54) is 12.1 Å². The summed E-state index contributed by atoms with van der Waals surface area (Å²) in [6, 6.07) is 21.1. The summed E-state index contributed by atoms with van der Waals surface area (Å²) in [5.41, 5.74) is 4.33. The molecule has 4 aromatic rings. The molecule has 1 amide bonds. The second kappa shape index (κ2) is 10.7. The van der Waals surface area contributed by atoms with Crippen molar-refractivity contribution < 1.29 is 19.2 Å². The van der Waals surface area contributed by atoms with Gasteiger partial charge in [0.05, 0.1) is 30.5 Å². The maximum absolute atomic E-state index is 13.2.